The average molecular weight is 477 g/mol. The summed E-state index contributed by atoms with van der Waals surface area (Å²) in [5.74, 6) is -0.431. The maximum Gasteiger partial charge on any atom is 0.338 e. The predicted molar refractivity (Wildman–Crippen MR) is 129 cm³/mol. The maximum atomic E-state index is 13.0. The molecule has 3 aromatic carbocycles. The molecule has 0 saturated carbocycles. The van der Waals surface area contributed by atoms with Crippen LogP contribution in [-0.4, -0.2) is 23.9 Å². The van der Waals surface area contributed by atoms with Crippen LogP contribution in [0.25, 0.3) is 0 Å². The van der Waals surface area contributed by atoms with E-state index >= 15 is 0 Å². The molecule has 7 nitrogen and oxygen atoms in total. The van der Waals surface area contributed by atoms with Crippen molar-refractivity contribution in [3.05, 3.63) is 95.2 Å². The van der Waals surface area contributed by atoms with E-state index in [0.717, 1.165) is 4.90 Å². The summed E-state index contributed by atoms with van der Waals surface area (Å²) in [6, 6.07) is 22.2. The van der Waals surface area contributed by atoms with Gasteiger partial charge in [0, 0.05) is 5.69 Å². The van der Waals surface area contributed by atoms with Crippen LogP contribution in [0.2, 0.25) is 0 Å². The van der Waals surface area contributed by atoms with Crippen LogP contribution in [0.5, 0.6) is 11.5 Å². The summed E-state index contributed by atoms with van der Waals surface area (Å²) in [5.41, 5.74) is 1.12. The molecular formula is C26H21ClN2O5. The van der Waals surface area contributed by atoms with Gasteiger partial charge < -0.3 is 14.8 Å². The zero-order valence-corrected chi connectivity index (χ0v) is 19.2. The molecule has 172 valence electrons. The molecule has 0 fully saturated rings. The summed E-state index contributed by atoms with van der Waals surface area (Å²) in [6.45, 7) is 3.50. The first-order valence-electron chi connectivity index (χ1n) is 10.5. The minimum Gasteiger partial charge on any atom is -0.459 e. The number of hydrogen-bond donors (Lipinski definition) is 1. The molecule has 0 aliphatic carbocycles. The Morgan fingerprint density at radius 1 is 0.853 bits per heavy atom. The number of ether oxygens (including phenoxy) is 2. The summed E-state index contributed by atoms with van der Waals surface area (Å²) in [6.07, 6.45) is -0.260. The molecule has 0 aromatic heterocycles. The molecule has 34 heavy (non-hydrogen) atoms. The SMILES string of the molecule is CC(C)OC(=O)c1ccc(N2C(=O)C(Cl)=C(Nc3ccc(Oc4ccccc4)cc3)C2=O)cc1. The van der Waals surface area contributed by atoms with Crippen molar-refractivity contribution in [2.24, 2.45) is 0 Å². The Balaban J connectivity index is 1.46. The predicted octanol–water partition coefficient (Wildman–Crippen LogP) is 5.48. The van der Waals surface area contributed by atoms with Crippen LogP contribution in [0.1, 0.15) is 24.2 Å². The Morgan fingerprint density at radius 2 is 1.47 bits per heavy atom. The van der Waals surface area contributed by atoms with Gasteiger partial charge in [0.15, 0.2) is 0 Å². The largest absolute Gasteiger partial charge is 0.459 e. The van der Waals surface area contributed by atoms with E-state index in [-0.39, 0.29) is 22.5 Å². The van der Waals surface area contributed by atoms with Gasteiger partial charge in [-0.25, -0.2) is 9.69 Å². The Morgan fingerprint density at radius 3 is 2.09 bits per heavy atom. The topological polar surface area (TPSA) is 84.9 Å². The average Bonchev–Trinajstić information content (AvgIpc) is 3.03. The number of carbonyl (C=O) groups excluding carboxylic acids is 3. The summed E-state index contributed by atoms with van der Waals surface area (Å²) in [5, 5.41) is 2.69. The van der Waals surface area contributed by atoms with Gasteiger partial charge in [0.05, 0.1) is 17.4 Å². The highest BCUT2D eigenvalue weighted by molar-refractivity contribution is 6.53. The molecule has 3 aromatic rings. The number of rotatable bonds is 7. The van der Waals surface area contributed by atoms with Crippen molar-refractivity contribution in [3.63, 3.8) is 0 Å². The number of carbonyl (C=O) groups is 3. The van der Waals surface area contributed by atoms with Crippen LogP contribution < -0.4 is 15.0 Å². The zero-order valence-electron chi connectivity index (χ0n) is 18.4. The second kappa shape index (κ2) is 9.80. The van der Waals surface area contributed by atoms with E-state index in [0.29, 0.717) is 22.7 Å². The third kappa shape index (κ3) is 4.94. The summed E-state index contributed by atoms with van der Waals surface area (Å²) in [4.78, 5) is 38.7. The van der Waals surface area contributed by atoms with Crippen molar-refractivity contribution >= 4 is 40.8 Å². The fourth-order valence-corrected chi connectivity index (χ4v) is 3.46. The third-order valence-electron chi connectivity index (χ3n) is 4.83. The van der Waals surface area contributed by atoms with E-state index < -0.39 is 17.8 Å². The quantitative estimate of drug-likeness (QED) is 0.359. The van der Waals surface area contributed by atoms with E-state index in [9.17, 15) is 14.4 Å². The smallest absolute Gasteiger partial charge is 0.338 e. The lowest BCUT2D eigenvalue weighted by molar-refractivity contribution is -0.120. The van der Waals surface area contributed by atoms with Crippen molar-refractivity contribution in [1.82, 2.24) is 0 Å². The molecule has 0 radical (unpaired) electrons. The Bertz CT molecular complexity index is 1250. The third-order valence-corrected chi connectivity index (χ3v) is 5.18. The number of esters is 1. The Labute approximate surface area is 201 Å². The number of halogens is 1. The molecule has 1 heterocycles. The van der Waals surface area contributed by atoms with Crippen LogP contribution in [0.3, 0.4) is 0 Å². The van der Waals surface area contributed by atoms with Gasteiger partial charge in [-0.2, -0.15) is 0 Å². The van der Waals surface area contributed by atoms with Crippen molar-refractivity contribution in [2.45, 2.75) is 20.0 Å². The van der Waals surface area contributed by atoms with Crippen molar-refractivity contribution < 1.29 is 23.9 Å². The zero-order chi connectivity index (χ0) is 24.2. The lowest BCUT2D eigenvalue weighted by Crippen LogP contribution is -2.32. The number of anilines is 2. The monoisotopic (exact) mass is 476 g/mol. The number of imide groups is 1. The van der Waals surface area contributed by atoms with E-state index in [1.165, 1.54) is 24.3 Å². The molecule has 8 heteroatoms. The molecule has 1 aliphatic heterocycles. The number of benzene rings is 3. The molecular weight excluding hydrogens is 456 g/mol. The highest BCUT2D eigenvalue weighted by Crippen LogP contribution is 2.31. The van der Waals surface area contributed by atoms with Gasteiger partial charge in [0.25, 0.3) is 11.8 Å². The molecule has 0 unspecified atom stereocenters. The number of nitrogens with zero attached hydrogens (tertiary/aromatic N) is 1. The number of amides is 2. The van der Waals surface area contributed by atoms with Gasteiger partial charge in [-0.3, -0.25) is 9.59 Å². The van der Waals surface area contributed by atoms with E-state index in [1.807, 2.05) is 30.3 Å². The van der Waals surface area contributed by atoms with Crippen LogP contribution in [0, 0.1) is 0 Å². The van der Waals surface area contributed by atoms with Gasteiger partial charge in [0.1, 0.15) is 22.2 Å². The molecule has 2 amide bonds. The molecule has 0 saturated heterocycles. The minimum absolute atomic E-state index is 0.0355. The van der Waals surface area contributed by atoms with Gasteiger partial charge >= 0.3 is 5.97 Å². The molecule has 1 N–H and O–H groups in total. The van der Waals surface area contributed by atoms with Crippen LogP contribution in [0.15, 0.2) is 89.6 Å². The molecule has 1 aliphatic rings. The molecule has 0 atom stereocenters. The minimum atomic E-state index is -0.657. The molecule has 0 spiro atoms. The van der Waals surface area contributed by atoms with Crippen molar-refractivity contribution in [2.75, 3.05) is 10.2 Å². The van der Waals surface area contributed by atoms with Gasteiger partial charge in [-0.15, -0.1) is 0 Å². The Kier molecular flexibility index (Phi) is 6.65. The highest BCUT2D eigenvalue weighted by Gasteiger charge is 2.39. The number of hydrogen-bond acceptors (Lipinski definition) is 6. The normalized spacial score (nSPS) is 13.5. The van der Waals surface area contributed by atoms with Gasteiger partial charge in [-0.1, -0.05) is 29.8 Å². The lowest BCUT2D eigenvalue weighted by atomic mass is 10.2. The van der Waals surface area contributed by atoms with Gasteiger partial charge in [0.2, 0.25) is 0 Å². The first-order valence-corrected chi connectivity index (χ1v) is 10.9. The number of nitrogens with one attached hydrogen (secondary N) is 1. The summed E-state index contributed by atoms with van der Waals surface area (Å²) < 4.78 is 10.9. The molecule has 0 bridgehead atoms. The van der Waals surface area contributed by atoms with Crippen LogP contribution in [0.4, 0.5) is 11.4 Å². The molecule has 4 rings (SSSR count). The fraction of sp³-hybridized carbons (Fsp3) is 0.115. The van der Waals surface area contributed by atoms with Crippen molar-refractivity contribution in [1.29, 1.82) is 0 Å². The van der Waals surface area contributed by atoms with Crippen LogP contribution in [-0.2, 0) is 14.3 Å². The summed E-state index contributed by atoms with van der Waals surface area (Å²) in [7, 11) is 0. The lowest BCUT2D eigenvalue weighted by Gasteiger charge is -2.16. The van der Waals surface area contributed by atoms with E-state index in [1.54, 1.807) is 38.1 Å². The van der Waals surface area contributed by atoms with E-state index in [2.05, 4.69) is 5.32 Å². The van der Waals surface area contributed by atoms with Crippen LogP contribution >= 0.6 is 11.6 Å². The standard InChI is InChI=1S/C26H21ClN2O5/c1-16(2)33-26(32)17-8-12-19(13-9-17)29-24(30)22(27)23(25(29)31)28-18-10-14-21(15-11-18)34-20-6-4-3-5-7-20/h3-16,28H,1-2H3. The Hall–Kier alpha value is -4.10. The van der Waals surface area contributed by atoms with Crippen molar-refractivity contribution in [3.8, 4) is 11.5 Å². The number of para-hydroxylation sites is 1. The van der Waals surface area contributed by atoms with E-state index in [4.69, 9.17) is 21.1 Å². The first kappa shape index (κ1) is 23.1. The first-order chi connectivity index (χ1) is 16.3. The second-order valence-corrected chi connectivity index (χ2v) is 8.08. The fourth-order valence-electron chi connectivity index (χ4n) is 3.25. The highest BCUT2D eigenvalue weighted by atomic mass is 35.5. The van der Waals surface area contributed by atoms with Gasteiger partial charge in [-0.05, 0) is 74.5 Å². The summed E-state index contributed by atoms with van der Waals surface area (Å²) >= 11 is 6.20. The second-order valence-electron chi connectivity index (χ2n) is 7.70. The maximum absolute atomic E-state index is 13.0.